The van der Waals surface area contributed by atoms with Crippen molar-refractivity contribution >= 4 is 12.1 Å². The van der Waals surface area contributed by atoms with Gasteiger partial charge in [-0.3, -0.25) is 0 Å². The summed E-state index contributed by atoms with van der Waals surface area (Å²) in [6.45, 7) is 7.75. The van der Waals surface area contributed by atoms with Crippen LogP contribution in [-0.4, -0.2) is 12.1 Å². The molecule has 0 amide bonds. The molecule has 0 bridgehead atoms. The van der Waals surface area contributed by atoms with Crippen LogP contribution >= 0.6 is 0 Å². The summed E-state index contributed by atoms with van der Waals surface area (Å²) < 4.78 is 0. The smallest absolute Gasteiger partial charge is 0.129 e. The van der Waals surface area contributed by atoms with Gasteiger partial charge in [0.15, 0.2) is 0 Å². The number of unbranched alkanes of at least 4 members (excludes halogenated alkanes) is 1. The number of carbonyl (C=O) groups excluding carboxylic acids is 2. The Morgan fingerprint density at radius 2 is 1.86 bits per heavy atom. The summed E-state index contributed by atoms with van der Waals surface area (Å²) in [4.78, 5) is 20.1. The van der Waals surface area contributed by atoms with E-state index in [0.29, 0.717) is 5.78 Å². The summed E-state index contributed by atoms with van der Waals surface area (Å²) in [5.41, 5.74) is 0. The van der Waals surface area contributed by atoms with Crippen LogP contribution in [0, 0.1) is 5.92 Å². The molecule has 0 rings (SSSR count). The molecule has 1 unspecified atom stereocenters. The fourth-order valence-corrected chi connectivity index (χ4v) is 0.949. The van der Waals surface area contributed by atoms with Crippen molar-refractivity contribution in [1.82, 2.24) is 0 Å². The van der Waals surface area contributed by atoms with Crippen molar-refractivity contribution in [3.05, 3.63) is 0 Å². The van der Waals surface area contributed by atoms with E-state index in [1.807, 2.05) is 6.92 Å². The van der Waals surface area contributed by atoms with Crippen LogP contribution in [0.1, 0.15) is 59.8 Å². The highest BCUT2D eigenvalue weighted by molar-refractivity contribution is 5.75. The minimum Gasteiger partial charge on any atom is -0.303 e. The van der Waals surface area contributed by atoms with Gasteiger partial charge >= 0.3 is 0 Å². The van der Waals surface area contributed by atoms with E-state index in [9.17, 15) is 9.59 Å². The van der Waals surface area contributed by atoms with Crippen LogP contribution < -0.4 is 0 Å². The first-order chi connectivity index (χ1) is 6.58. The van der Waals surface area contributed by atoms with E-state index in [4.69, 9.17) is 0 Å². The van der Waals surface area contributed by atoms with Gasteiger partial charge in [-0.2, -0.15) is 0 Å². The summed E-state index contributed by atoms with van der Waals surface area (Å²) in [5.74, 6) is 0.576. The van der Waals surface area contributed by atoms with Crippen LogP contribution in [0.5, 0.6) is 0 Å². The van der Waals surface area contributed by atoms with Gasteiger partial charge in [-0.15, -0.1) is 0 Å². The molecule has 0 radical (unpaired) electrons. The first-order valence-corrected chi connectivity index (χ1v) is 5.53. The summed E-state index contributed by atoms with van der Waals surface area (Å²) in [7, 11) is 0. The van der Waals surface area contributed by atoms with Crippen LogP contribution in [-0.2, 0) is 9.59 Å². The van der Waals surface area contributed by atoms with Gasteiger partial charge in [-0.25, -0.2) is 0 Å². The van der Waals surface area contributed by atoms with Crippen molar-refractivity contribution in [2.75, 3.05) is 0 Å². The Kier molecular flexibility index (Phi) is 13.9. The van der Waals surface area contributed by atoms with Crippen molar-refractivity contribution in [3.63, 3.8) is 0 Å². The summed E-state index contributed by atoms with van der Waals surface area (Å²) >= 11 is 0. The Bertz CT molecular complexity index is 141. The van der Waals surface area contributed by atoms with Gasteiger partial charge in [0, 0.05) is 12.3 Å². The largest absolute Gasteiger partial charge is 0.303 e. The van der Waals surface area contributed by atoms with Crippen LogP contribution in [0.4, 0.5) is 0 Å². The van der Waals surface area contributed by atoms with E-state index in [2.05, 4.69) is 13.8 Å². The highest BCUT2D eigenvalue weighted by atomic mass is 16.1. The zero-order chi connectivity index (χ0) is 11.4. The van der Waals surface area contributed by atoms with E-state index < -0.39 is 0 Å². The number of hydrogen-bond donors (Lipinski definition) is 0. The molecule has 0 saturated carbocycles. The molecule has 2 nitrogen and oxygen atoms in total. The van der Waals surface area contributed by atoms with Crippen LogP contribution in [0.25, 0.3) is 0 Å². The molecule has 1 atom stereocenters. The molecule has 0 spiro atoms. The lowest BCUT2D eigenvalue weighted by Gasteiger charge is -1.94. The number of ketones is 1. The minimum absolute atomic E-state index is 0.269. The Hall–Kier alpha value is -0.660. The Morgan fingerprint density at radius 1 is 1.29 bits per heavy atom. The molecule has 0 aliphatic carbocycles. The third-order valence-corrected chi connectivity index (χ3v) is 1.86. The predicted octanol–water partition coefficient (Wildman–Crippen LogP) is 3.39. The third-order valence-electron chi connectivity index (χ3n) is 1.86. The highest BCUT2D eigenvalue weighted by Gasteiger charge is 1.93. The van der Waals surface area contributed by atoms with Gasteiger partial charge in [-0.05, 0) is 19.8 Å². The minimum atomic E-state index is 0.269. The number of carbonyl (C=O) groups is 2. The molecule has 0 aliphatic heterocycles. The molecule has 0 heterocycles. The summed E-state index contributed by atoms with van der Waals surface area (Å²) in [6.07, 6.45) is 6.08. The molecule has 0 aromatic rings. The Morgan fingerprint density at radius 3 is 2.00 bits per heavy atom. The van der Waals surface area contributed by atoms with Crippen molar-refractivity contribution in [2.24, 2.45) is 5.92 Å². The SMILES string of the molecule is CCCC(C)C=O.CCCCC(C)=O. The first kappa shape index (κ1) is 15.8. The van der Waals surface area contributed by atoms with Gasteiger partial charge in [0.05, 0.1) is 0 Å². The fourth-order valence-electron chi connectivity index (χ4n) is 0.949. The van der Waals surface area contributed by atoms with Crippen LogP contribution in [0.15, 0.2) is 0 Å². The molecule has 0 aromatic heterocycles. The maximum Gasteiger partial charge on any atom is 0.129 e. The van der Waals surface area contributed by atoms with Gasteiger partial charge in [0.1, 0.15) is 12.1 Å². The highest BCUT2D eigenvalue weighted by Crippen LogP contribution is 1.98. The molecule has 0 aromatic carbocycles. The topological polar surface area (TPSA) is 34.1 Å². The van der Waals surface area contributed by atoms with Gasteiger partial charge in [-0.1, -0.05) is 33.6 Å². The van der Waals surface area contributed by atoms with Crippen molar-refractivity contribution in [2.45, 2.75) is 59.8 Å². The van der Waals surface area contributed by atoms with Crippen molar-refractivity contribution < 1.29 is 9.59 Å². The van der Waals surface area contributed by atoms with Crippen LogP contribution in [0.2, 0.25) is 0 Å². The van der Waals surface area contributed by atoms with Crippen molar-refractivity contribution in [1.29, 1.82) is 0 Å². The van der Waals surface area contributed by atoms with Gasteiger partial charge in [0.25, 0.3) is 0 Å². The Balaban J connectivity index is 0. The average molecular weight is 200 g/mol. The average Bonchev–Trinajstić information content (AvgIpc) is 2.16. The molecule has 0 N–H and O–H groups in total. The molecule has 84 valence electrons. The molecule has 0 fully saturated rings. The van der Waals surface area contributed by atoms with Gasteiger partial charge in [0.2, 0.25) is 0 Å². The molecule has 2 heteroatoms. The van der Waals surface area contributed by atoms with Gasteiger partial charge < -0.3 is 9.59 Å². The molecule has 0 saturated heterocycles. The van der Waals surface area contributed by atoms with E-state index in [1.54, 1.807) is 6.92 Å². The van der Waals surface area contributed by atoms with Crippen molar-refractivity contribution in [3.8, 4) is 0 Å². The number of aldehydes is 1. The maximum atomic E-state index is 10.2. The molecule has 14 heavy (non-hydrogen) atoms. The molecular weight excluding hydrogens is 176 g/mol. The lowest BCUT2D eigenvalue weighted by molar-refractivity contribution is -0.117. The van der Waals surface area contributed by atoms with Crippen LogP contribution in [0.3, 0.4) is 0 Å². The number of hydrogen-bond acceptors (Lipinski definition) is 2. The number of Topliss-reactive ketones (excluding diaryl/α,β-unsaturated/α-hetero) is 1. The lowest BCUT2D eigenvalue weighted by Crippen LogP contribution is -1.92. The second-order valence-electron chi connectivity index (χ2n) is 3.71. The second-order valence-corrected chi connectivity index (χ2v) is 3.71. The fraction of sp³-hybridized carbons (Fsp3) is 0.833. The second kappa shape index (κ2) is 12.3. The maximum absolute atomic E-state index is 10.2. The monoisotopic (exact) mass is 200 g/mol. The summed E-state index contributed by atoms with van der Waals surface area (Å²) in [6, 6.07) is 0. The Labute approximate surface area is 88.1 Å². The van der Waals surface area contributed by atoms with E-state index >= 15 is 0 Å². The van der Waals surface area contributed by atoms with E-state index in [0.717, 1.165) is 38.4 Å². The summed E-state index contributed by atoms with van der Waals surface area (Å²) in [5, 5.41) is 0. The third kappa shape index (κ3) is 17.4. The van der Waals surface area contributed by atoms with E-state index in [-0.39, 0.29) is 5.92 Å². The molecular formula is C12H24O2. The van der Waals surface area contributed by atoms with E-state index in [1.165, 1.54) is 0 Å². The quantitative estimate of drug-likeness (QED) is 0.616. The normalized spacial score (nSPS) is 11.1. The zero-order valence-corrected chi connectivity index (χ0v) is 10.0. The molecule has 0 aliphatic rings. The lowest BCUT2D eigenvalue weighted by atomic mass is 10.1. The predicted molar refractivity (Wildman–Crippen MR) is 60.3 cm³/mol. The standard InChI is InChI=1S/2C6H12O/c1-3-4-6(2)5-7;1-3-4-5-6(2)7/h5-6H,3-4H2,1-2H3;3-5H2,1-2H3. The zero-order valence-electron chi connectivity index (χ0n) is 10.0. The first-order valence-electron chi connectivity index (χ1n) is 5.53. The number of rotatable bonds is 6.